The van der Waals surface area contributed by atoms with Crippen molar-refractivity contribution in [1.29, 1.82) is 0 Å². The number of carbonyl (C=O) groups is 3. The minimum atomic E-state index is -0.445. The van der Waals surface area contributed by atoms with E-state index in [0.717, 1.165) is 0 Å². The smallest absolute Gasteiger partial charge is 0.321 e. The number of nitrogens with zero attached hydrogens (tertiary/aromatic N) is 2. The highest BCUT2D eigenvalue weighted by Crippen LogP contribution is 2.16. The van der Waals surface area contributed by atoms with Gasteiger partial charge in [-0.1, -0.05) is 30.3 Å². The summed E-state index contributed by atoms with van der Waals surface area (Å²) in [6.07, 6.45) is 0. The van der Waals surface area contributed by atoms with Crippen molar-refractivity contribution < 1.29 is 18.8 Å². The maximum absolute atomic E-state index is 13.3. The Kier molecular flexibility index (Phi) is 6.64. The van der Waals surface area contributed by atoms with Gasteiger partial charge in [-0.15, -0.1) is 0 Å². The minimum Gasteiger partial charge on any atom is -0.335 e. The minimum absolute atomic E-state index is 0.0485. The molecular weight excluding hydrogens is 423 g/mol. The number of carbonyl (C=O) groups excluding carboxylic acids is 3. The van der Waals surface area contributed by atoms with E-state index in [4.69, 9.17) is 0 Å². The molecule has 1 heterocycles. The molecule has 0 saturated carbocycles. The van der Waals surface area contributed by atoms with Gasteiger partial charge in [-0.2, -0.15) is 0 Å². The van der Waals surface area contributed by atoms with Crippen LogP contribution in [0.1, 0.15) is 20.7 Å². The summed E-state index contributed by atoms with van der Waals surface area (Å²) in [7, 11) is 0. The Labute approximate surface area is 190 Å². The second-order valence-corrected chi connectivity index (χ2v) is 7.62. The van der Waals surface area contributed by atoms with Gasteiger partial charge in [0.25, 0.3) is 11.8 Å². The van der Waals surface area contributed by atoms with E-state index in [1.54, 1.807) is 52.3 Å². The average molecular weight is 446 g/mol. The molecule has 0 bridgehead atoms. The zero-order valence-electron chi connectivity index (χ0n) is 17.8. The van der Waals surface area contributed by atoms with Gasteiger partial charge in [-0.25, -0.2) is 9.18 Å². The van der Waals surface area contributed by atoms with Crippen LogP contribution in [0.15, 0.2) is 78.9 Å². The van der Waals surface area contributed by atoms with Gasteiger partial charge in [-0.05, 0) is 48.5 Å². The largest absolute Gasteiger partial charge is 0.335 e. The fourth-order valence-corrected chi connectivity index (χ4v) is 3.59. The lowest BCUT2D eigenvalue weighted by atomic mass is 10.1. The molecule has 4 rings (SSSR count). The highest BCUT2D eigenvalue weighted by atomic mass is 19.1. The molecule has 1 aliphatic rings. The summed E-state index contributed by atoms with van der Waals surface area (Å²) in [6, 6.07) is 20.9. The van der Waals surface area contributed by atoms with Gasteiger partial charge < -0.3 is 20.4 Å². The summed E-state index contributed by atoms with van der Waals surface area (Å²) in [5.74, 6) is -0.906. The lowest BCUT2D eigenvalue weighted by Gasteiger charge is -2.34. The molecule has 2 N–H and O–H groups in total. The van der Waals surface area contributed by atoms with Gasteiger partial charge in [0, 0.05) is 48.7 Å². The van der Waals surface area contributed by atoms with Crippen molar-refractivity contribution in [2.45, 2.75) is 0 Å². The van der Waals surface area contributed by atoms with E-state index in [0.29, 0.717) is 48.7 Å². The molecule has 4 amide bonds. The van der Waals surface area contributed by atoms with Gasteiger partial charge in [0.2, 0.25) is 0 Å². The molecule has 0 atom stereocenters. The Morgan fingerprint density at radius 2 is 1.27 bits per heavy atom. The van der Waals surface area contributed by atoms with E-state index in [1.807, 2.05) is 18.2 Å². The topological polar surface area (TPSA) is 81.8 Å². The normalized spacial score (nSPS) is 13.4. The van der Waals surface area contributed by atoms with E-state index >= 15 is 0 Å². The van der Waals surface area contributed by atoms with Crippen molar-refractivity contribution in [3.63, 3.8) is 0 Å². The Hall–Kier alpha value is -4.20. The van der Waals surface area contributed by atoms with Crippen LogP contribution in [0, 0.1) is 5.82 Å². The van der Waals surface area contributed by atoms with Gasteiger partial charge in [0.15, 0.2) is 0 Å². The highest BCUT2D eigenvalue weighted by molar-refractivity contribution is 6.05. The molecule has 168 valence electrons. The standard InChI is InChI=1S/C25H23FN4O3/c26-20-9-5-11-22(17-20)27-23(31)19-8-4-10-21(16-19)28-25(33)30-14-12-29(13-15-30)24(32)18-6-2-1-3-7-18/h1-11,16-17H,12-15H2,(H,27,31)(H,28,33). The Bertz CT molecular complexity index is 1160. The zero-order valence-corrected chi connectivity index (χ0v) is 17.8. The summed E-state index contributed by atoms with van der Waals surface area (Å²) in [5.41, 5.74) is 1.77. The van der Waals surface area contributed by atoms with Crippen LogP contribution in [0.2, 0.25) is 0 Å². The van der Waals surface area contributed by atoms with Crippen LogP contribution in [0.5, 0.6) is 0 Å². The summed E-state index contributed by atoms with van der Waals surface area (Å²) in [5, 5.41) is 5.43. The van der Waals surface area contributed by atoms with E-state index in [1.165, 1.54) is 18.2 Å². The molecule has 0 spiro atoms. The average Bonchev–Trinajstić information content (AvgIpc) is 2.84. The van der Waals surface area contributed by atoms with Crippen LogP contribution in [0.25, 0.3) is 0 Å². The second-order valence-electron chi connectivity index (χ2n) is 7.62. The number of anilines is 2. The summed E-state index contributed by atoms with van der Waals surface area (Å²) in [6.45, 7) is 1.70. The number of amides is 4. The summed E-state index contributed by atoms with van der Waals surface area (Å²) in [4.78, 5) is 41.1. The molecule has 1 aliphatic heterocycles. The molecule has 0 unspecified atom stereocenters. The maximum atomic E-state index is 13.3. The van der Waals surface area contributed by atoms with Crippen LogP contribution in [0.3, 0.4) is 0 Å². The first kappa shape index (κ1) is 22.0. The van der Waals surface area contributed by atoms with Gasteiger partial charge in [0.05, 0.1) is 0 Å². The van der Waals surface area contributed by atoms with Crippen molar-refractivity contribution >= 4 is 29.2 Å². The molecule has 8 heteroatoms. The predicted molar refractivity (Wildman–Crippen MR) is 124 cm³/mol. The first-order valence-corrected chi connectivity index (χ1v) is 10.6. The SMILES string of the molecule is O=C(Nc1cccc(F)c1)c1cccc(NC(=O)N2CCN(C(=O)c3ccccc3)CC2)c1. The van der Waals surface area contributed by atoms with E-state index in [9.17, 15) is 18.8 Å². The molecule has 0 aromatic heterocycles. The van der Waals surface area contributed by atoms with Crippen LogP contribution in [0.4, 0.5) is 20.6 Å². The third-order valence-corrected chi connectivity index (χ3v) is 5.33. The molecule has 0 aliphatic carbocycles. The maximum Gasteiger partial charge on any atom is 0.321 e. The molecular formula is C25H23FN4O3. The van der Waals surface area contributed by atoms with E-state index in [2.05, 4.69) is 10.6 Å². The summed E-state index contributed by atoms with van der Waals surface area (Å²) >= 11 is 0. The quantitative estimate of drug-likeness (QED) is 0.634. The van der Waals surface area contributed by atoms with E-state index in [-0.39, 0.29) is 11.9 Å². The monoisotopic (exact) mass is 446 g/mol. The number of benzene rings is 3. The third-order valence-electron chi connectivity index (χ3n) is 5.33. The van der Waals surface area contributed by atoms with Gasteiger partial charge in [-0.3, -0.25) is 9.59 Å². The van der Waals surface area contributed by atoms with Crippen LogP contribution < -0.4 is 10.6 Å². The Morgan fingerprint density at radius 3 is 1.97 bits per heavy atom. The number of urea groups is 1. The van der Waals surface area contributed by atoms with Crippen LogP contribution in [-0.2, 0) is 0 Å². The van der Waals surface area contributed by atoms with Gasteiger partial charge >= 0.3 is 6.03 Å². The number of rotatable bonds is 4. The number of hydrogen-bond donors (Lipinski definition) is 2. The molecule has 3 aromatic carbocycles. The van der Waals surface area contributed by atoms with Crippen molar-refractivity contribution in [1.82, 2.24) is 9.80 Å². The van der Waals surface area contributed by atoms with Crippen molar-refractivity contribution in [2.24, 2.45) is 0 Å². The third kappa shape index (κ3) is 5.54. The predicted octanol–water partition coefficient (Wildman–Crippen LogP) is 4.07. The molecule has 3 aromatic rings. The van der Waals surface area contributed by atoms with Crippen molar-refractivity contribution in [3.05, 3.63) is 95.8 Å². The molecule has 7 nitrogen and oxygen atoms in total. The number of halogens is 1. The first-order valence-electron chi connectivity index (χ1n) is 10.6. The first-order chi connectivity index (χ1) is 16.0. The highest BCUT2D eigenvalue weighted by Gasteiger charge is 2.25. The molecule has 1 fully saturated rings. The van der Waals surface area contributed by atoms with Crippen LogP contribution >= 0.6 is 0 Å². The van der Waals surface area contributed by atoms with Crippen LogP contribution in [-0.4, -0.2) is 53.8 Å². The Balaban J connectivity index is 1.33. The van der Waals surface area contributed by atoms with Crippen molar-refractivity contribution in [3.8, 4) is 0 Å². The fraction of sp³-hybridized carbons (Fsp3) is 0.160. The summed E-state index contributed by atoms with van der Waals surface area (Å²) < 4.78 is 13.3. The van der Waals surface area contributed by atoms with E-state index < -0.39 is 11.7 Å². The lowest BCUT2D eigenvalue weighted by Crippen LogP contribution is -2.51. The zero-order chi connectivity index (χ0) is 23.2. The second kappa shape index (κ2) is 9.95. The number of nitrogens with one attached hydrogen (secondary N) is 2. The number of piperazine rings is 1. The molecule has 1 saturated heterocycles. The lowest BCUT2D eigenvalue weighted by molar-refractivity contribution is 0.0671. The Morgan fingerprint density at radius 1 is 0.667 bits per heavy atom. The number of hydrogen-bond acceptors (Lipinski definition) is 3. The van der Waals surface area contributed by atoms with Gasteiger partial charge in [0.1, 0.15) is 5.82 Å². The fourth-order valence-electron chi connectivity index (χ4n) is 3.59. The molecule has 33 heavy (non-hydrogen) atoms. The molecule has 0 radical (unpaired) electrons. The van der Waals surface area contributed by atoms with Crippen molar-refractivity contribution in [2.75, 3.05) is 36.8 Å².